The van der Waals surface area contributed by atoms with Crippen LogP contribution in [0.4, 0.5) is 11.4 Å². The van der Waals surface area contributed by atoms with Crippen molar-refractivity contribution in [2.45, 2.75) is 37.6 Å². The minimum Gasteiger partial charge on any atom is -0.377 e. The van der Waals surface area contributed by atoms with E-state index < -0.39 is 10.0 Å². The second kappa shape index (κ2) is 7.32. The highest BCUT2D eigenvalue weighted by atomic mass is 32.2. The number of carbonyl (C=O) groups is 1. The zero-order valence-electron chi connectivity index (χ0n) is 16.0. The second-order valence-electron chi connectivity index (χ2n) is 7.22. The number of benzene rings is 2. The molecule has 0 saturated heterocycles. The number of sulfonamides is 1. The molecule has 1 fully saturated rings. The van der Waals surface area contributed by atoms with Gasteiger partial charge in [0.25, 0.3) is 5.91 Å². The largest absolute Gasteiger partial charge is 0.377 e. The zero-order chi connectivity index (χ0) is 19.8. The highest BCUT2D eigenvalue weighted by Gasteiger charge is 2.28. The van der Waals surface area contributed by atoms with Crippen LogP contribution in [0, 0.1) is 13.8 Å². The summed E-state index contributed by atoms with van der Waals surface area (Å²) < 4.78 is 27.5. The first kappa shape index (κ1) is 19.4. The molecule has 1 aliphatic rings. The summed E-state index contributed by atoms with van der Waals surface area (Å²) in [4.78, 5) is 14.9. The summed E-state index contributed by atoms with van der Waals surface area (Å²) in [6, 6.07) is 10.3. The van der Waals surface area contributed by atoms with E-state index >= 15 is 0 Å². The van der Waals surface area contributed by atoms with E-state index in [1.807, 2.05) is 44.1 Å². The van der Waals surface area contributed by atoms with Gasteiger partial charge in [-0.25, -0.2) is 13.1 Å². The smallest absolute Gasteiger partial charge is 0.255 e. The molecule has 1 amide bonds. The van der Waals surface area contributed by atoms with Crippen molar-refractivity contribution in [2.75, 3.05) is 24.3 Å². The highest BCUT2D eigenvalue weighted by Crippen LogP contribution is 2.25. The Labute approximate surface area is 160 Å². The van der Waals surface area contributed by atoms with Crippen molar-refractivity contribution >= 4 is 27.3 Å². The first-order chi connectivity index (χ1) is 12.7. The summed E-state index contributed by atoms with van der Waals surface area (Å²) in [5, 5.41) is 2.87. The van der Waals surface area contributed by atoms with Gasteiger partial charge >= 0.3 is 0 Å². The maximum absolute atomic E-state index is 12.7. The Morgan fingerprint density at radius 2 is 1.74 bits per heavy atom. The molecule has 0 heterocycles. The van der Waals surface area contributed by atoms with Gasteiger partial charge in [-0.15, -0.1) is 0 Å². The van der Waals surface area contributed by atoms with Crippen LogP contribution in [-0.4, -0.2) is 34.5 Å². The van der Waals surface area contributed by atoms with E-state index in [1.165, 1.54) is 12.1 Å². The van der Waals surface area contributed by atoms with Gasteiger partial charge in [-0.1, -0.05) is 6.07 Å². The number of aryl methyl sites for hydroxylation is 2. The number of nitrogens with one attached hydrogen (secondary N) is 2. The molecule has 0 spiro atoms. The van der Waals surface area contributed by atoms with Gasteiger partial charge in [-0.2, -0.15) is 0 Å². The van der Waals surface area contributed by atoms with Gasteiger partial charge in [-0.05, 0) is 68.1 Å². The predicted molar refractivity (Wildman–Crippen MR) is 108 cm³/mol. The first-order valence-corrected chi connectivity index (χ1v) is 10.4. The topological polar surface area (TPSA) is 78.5 Å². The predicted octanol–water partition coefficient (Wildman–Crippen LogP) is 3.06. The Morgan fingerprint density at radius 1 is 1.04 bits per heavy atom. The average molecular weight is 388 g/mol. The Morgan fingerprint density at radius 3 is 2.33 bits per heavy atom. The summed E-state index contributed by atoms with van der Waals surface area (Å²) in [6.45, 7) is 3.77. The molecule has 1 saturated carbocycles. The summed E-state index contributed by atoms with van der Waals surface area (Å²) in [5.74, 6) is -0.326. The molecule has 1 aliphatic carbocycles. The summed E-state index contributed by atoms with van der Waals surface area (Å²) >= 11 is 0. The maximum Gasteiger partial charge on any atom is 0.255 e. The Bertz CT molecular complexity index is 980. The molecule has 7 heteroatoms. The molecule has 144 valence electrons. The number of anilines is 2. The minimum absolute atomic E-state index is 0.0202. The molecule has 0 aliphatic heterocycles. The SMILES string of the molecule is Cc1ccc(S(=O)(=O)NC2CC2)cc1C(=O)Nc1ccc(N(C)C)c(C)c1. The maximum atomic E-state index is 12.7. The quantitative estimate of drug-likeness (QED) is 0.798. The Kier molecular flexibility index (Phi) is 5.26. The Hall–Kier alpha value is -2.38. The number of hydrogen-bond acceptors (Lipinski definition) is 4. The van der Waals surface area contributed by atoms with Gasteiger partial charge in [0.1, 0.15) is 0 Å². The van der Waals surface area contributed by atoms with Crippen LogP contribution >= 0.6 is 0 Å². The molecule has 0 unspecified atom stereocenters. The van der Waals surface area contributed by atoms with Crippen molar-refractivity contribution in [1.82, 2.24) is 4.72 Å². The van der Waals surface area contributed by atoms with Crippen LogP contribution in [0.3, 0.4) is 0 Å². The molecule has 3 rings (SSSR count). The fourth-order valence-electron chi connectivity index (χ4n) is 2.93. The van der Waals surface area contributed by atoms with E-state index in [9.17, 15) is 13.2 Å². The van der Waals surface area contributed by atoms with Crippen molar-refractivity contribution in [3.05, 3.63) is 53.1 Å². The zero-order valence-corrected chi connectivity index (χ0v) is 16.9. The van der Waals surface area contributed by atoms with Crippen molar-refractivity contribution in [1.29, 1.82) is 0 Å². The fourth-order valence-corrected chi connectivity index (χ4v) is 4.27. The number of hydrogen-bond donors (Lipinski definition) is 2. The molecule has 27 heavy (non-hydrogen) atoms. The lowest BCUT2D eigenvalue weighted by Gasteiger charge is -2.17. The van der Waals surface area contributed by atoms with Gasteiger partial charge in [0, 0.05) is 37.1 Å². The van der Waals surface area contributed by atoms with E-state index in [1.54, 1.807) is 13.0 Å². The molecule has 0 bridgehead atoms. The second-order valence-corrected chi connectivity index (χ2v) is 8.94. The molecule has 0 atom stereocenters. The van der Waals surface area contributed by atoms with E-state index in [2.05, 4.69) is 10.0 Å². The van der Waals surface area contributed by atoms with Crippen LogP contribution in [0.1, 0.15) is 34.3 Å². The Balaban J connectivity index is 1.84. The standard InChI is InChI=1S/C20H25N3O3S/c1-13-5-9-17(27(25,26)22-15-6-7-15)12-18(13)20(24)21-16-8-10-19(23(3)4)14(2)11-16/h5,8-12,15,22H,6-7H2,1-4H3,(H,21,24). The third-order valence-electron chi connectivity index (χ3n) is 4.60. The number of nitrogens with zero attached hydrogens (tertiary/aromatic N) is 1. The summed E-state index contributed by atoms with van der Waals surface area (Å²) in [5.41, 5.74) is 3.86. The van der Waals surface area contributed by atoms with Gasteiger partial charge in [0.15, 0.2) is 0 Å². The fraction of sp³-hybridized carbons (Fsp3) is 0.350. The average Bonchev–Trinajstić information content (AvgIpc) is 3.38. The molecular weight excluding hydrogens is 362 g/mol. The molecule has 2 aromatic rings. The van der Waals surface area contributed by atoms with E-state index in [4.69, 9.17) is 0 Å². The van der Waals surface area contributed by atoms with E-state index in [0.717, 1.165) is 29.7 Å². The number of carbonyl (C=O) groups excluding carboxylic acids is 1. The normalized spacial score (nSPS) is 14.1. The van der Waals surface area contributed by atoms with Gasteiger partial charge in [0.05, 0.1) is 4.90 Å². The summed E-state index contributed by atoms with van der Waals surface area (Å²) in [7, 11) is 0.328. The number of rotatable bonds is 6. The van der Waals surface area contributed by atoms with Crippen LogP contribution in [0.25, 0.3) is 0 Å². The third-order valence-corrected chi connectivity index (χ3v) is 6.12. The van der Waals surface area contributed by atoms with Gasteiger partial charge < -0.3 is 10.2 Å². The third kappa shape index (κ3) is 4.48. The van der Waals surface area contributed by atoms with Gasteiger partial charge in [-0.3, -0.25) is 4.79 Å². The van der Waals surface area contributed by atoms with E-state index in [-0.39, 0.29) is 16.8 Å². The monoisotopic (exact) mass is 387 g/mol. The lowest BCUT2D eigenvalue weighted by molar-refractivity contribution is 0.102. The number of amides is 1. The van der Waals surface area contributed by atoms with Crippen LogP contribution in [0.2, 0.25) is 0 Å². The molecule has 0 aromatic heterocycles. The molecule has 2 aromatic carbocycles. The van der Waals surface area contributed by atoms with Crippen LogP contribution in [0.15, 0.2) is 41.3 Å². The van der Waals surface area contributed by atoms with E-state index in [0.29, 0.717) is 11.3 Å². The van der Waals surface area contributed by atoms with Gasteiger partial charge in [0.2, 0.25) is 10.0 Å². The molecule has 2 N–H and O–H groups in total. The molecule has 0 radical (unpaired) electrons. The van der Waals surface area contributed by atoms with Crippen molar-refractivity contribution < 1.29 is 13.2 Å². The van der Waals surface area contributed by atoms with Crippen molar-refractivity contribution in [3.63, 3.8) is 0 Å². The first-order valence-electron chi connectivity index (χ1n) is 8.89. The molecular formula is C20H25N3O3S. The molecule has 6 nitrogen and oxygen atoms in total. The summed E-state index contributed by atoms with van der Waals surface area (Å²) in [6.07, 6.45) is 1.72. The van der Waals surface area contributed by atoms with Crippen LogP contribution in [0.5, 0.6) is 0 Å². The minimum atomic E-state index is -3.60. The lowest BCUT2D eigenvalue weighted by Crippen LogP contribution is -2.26. The van der Waals surface area contributed by atoms with Crippen molar-refractivity contribution in [3.8, 4) is 0 Å². The highest BCUT2D eigenvalue weighted by molar-refractivity contribution is 7.89. The lowest BCUT2D eigenvalue weighted by atomic mass is 10.1. The van der Waals surface area contributed by atoms with Crippen molar-refractivity contribution in [2.24, 2.45) is 0 Å². The van der Waals surface area contributed by atoms with Crippen LogP contribution in [-0.2, 0) is 10.0 Å². The van der Waals surface area contributed by atoms with Crippen LogP contribution < -0.4 is 14.9 Å².